The molecule has 0 aromatic carbocycles. The predicted molar refractivity (Wildman–Crippen MR) is 83.7 cm³/mol. The molecule has 19 heavy (non-hydrogen) atoms. The number of carboxylic acid groups (broad SMARTS) is 1. The molecule has 0 aliphatic rings. The van der Waals surface area contributed by atoms with Crippen molar-refractivity contribution in [1.82, 2.24) is 0 Å². The molecule has 0 fully saturated rings. The molecule has 0 aliphatic heterocycles. The first-order valence-corrected chi connectivity index (χ1v) is 9.52. The average Bonchev–Trinajstić information content (AvgIpc) is 2.41. The van der Waals surface area contributed by atoms with E-state index in [1.807, 2.05) is 0 Å². The van der Waals surface area contributed by atoms with Crippen molar-refractivity contribution in [3.63, 3.8) is 0 Å². The second kappa shape index (κ2) is 20.7. The molecule has 0 spiro atoms. The SMILES string of the molecule is CCCCCCCCCCCC[CH2][Na].NCC(=O)O. The number of carbonyl (C=O) groups is 1. The van der Waals surface area contributed by atoms with Gasteiger partial charge in [0.2, 0.25) is 0 Å². The monoisotopic (exact) mass is 281 g/mol. The zero-order valence-electron chi connectivity index (χ0n) is 13.1. The van der Waals surface area contributed by atoms with Crippen LogP contribution in [0.2, 0.25) is 3.67 Å². The Hall–Kier alpha value is 0.430. The van der Waals surface area contributed by atoms with E-state index in [0.717, 1.165) is 0 Å². The molecule has 0 atom stereocenters. The van der Waals surface area contributed by atoms with Crippen LogP contribution < -0.4 is 5.73 Å². The molecular formula is C15H32NNaO2. The standard InChI is InChI=1S/C13H27.C2H5NO2.Na/c1-3-5-7-9-11-13-12-10-8-6-4-2;3-1-2(4)5;/h1,3-13H2,2H3;1,3H2,(H,4,5);. The molecule has 0 bridgehead atoms. The number of carboxylic acids is 1. The third-order valence-electron chi connectivity index (χ3n) is 3.13. The summed E-state index contributed by atoms with van der Waals surface area (Å²) >= 11 is 1.41. The topological polar surface area (TPSA) is 63.3 Å². The van der Waals surface area contributed by atoms with Gasteiger partial charge in [-0.2, -0.15) is 0 Å². The Morgan fingerprint density at radius 3 is 1.47 bits per heavy atom. The van der Waals surface area contributed by atoms with Crippen LogP contribution >= 0.6 is 0 Å². The van der Waals surface area contributed by atoms with Gasteiger partial charge in [-0.15, -0.1) is 0 Å². The fourth-order valence-corrected chi connectivity index (χ4v) is 2.41. The molecule has 0 unspecified atom stereocenters. The minimum atomic E-state index is -0.968. The Bertz CT molecular complexity index is 166. The summed E-state index contributed by atoms with van der Waals surface area (Å²) in [6.07, 6.45) is 16.2. The van der Waals surface area contributed by atoms with Crippen LogP contribution in [0, 0.1) is 0 Å². The van der Waals surface area contributed by atoms with Gasteiger partial charge in [-0.1, -0.05) is 6.92 Å². The molecule has 0 aliphatic carbocycles. The predicted octanol–water partition coefficient (Wildman–Crippen LogP) is 3.91. The summed E-state index contributed by atoms with van der Waals surface area (Å²) in [6, 6.07) is 0. The number of nitrogens with two attached hydrogens (primary N) is 1. The minimum absolute atomic E-state index is 0.278. The van der Waals surface area contributed by atoms with Crippen LogP contribution in [0.25, 0.3) is 0 Å². The fourth-order valence-electron chi connectivity index (χ4n) is 1.91. The second-order valence-electron chi connectivity index (χ2n) is 5.13. The maximum atomic E-state index is 9.24. The Morgan fingerprint density at radius 2 is 1.21 bits per heavy atom. The van der Waals surface area contributed by atoms with Crippen molar-refractivity contribution >= 4 is 33.9 Å². The third-order valence-corrected chi connectivity index (χ3v) is 3.84. The Morgan fingerprint density at radius 1 is 0.895 bits per heavy atom. The third kappa shape index (κ3) is 27.6. The van der Waals surface area contributed by atoms with E-state index in [4.69, 9.17) is 5.11 Å². The molecule has 0 aromatic heterocycles. The number of unbranched alkanes of at least 4 members (excludes halogenated alkanes) is 10. The summed E-state index contributed by atoms with van der Waals surface area (Å²) in [4.78, 5) is 9.24. The quantitative estimate of drug-likeness (QED) is 0.421. The van der Waals surface area contributed by atoms with Gasteiger partial charge >= 0.3 is 108 Å². The summed E-state index contributed by atoms with van der Waals surface area (Å²) in [6.45, 7) is 2.01. The molecule has 4 heteroatoms. The van der Waals surface area contributed by atoms with Gasteiger partial charge in [-0.25, -0.2) is 0 Å². The summed E-state index contributed by atoms with van der Waals surface area (Å²) < 4.78 is 1.51. The van der Waals surface area contributed by atoms with E-state index in [-0.39, 0.29) is 6.54 Å². The molecule has 0 heterocycles. The normalized spacial score (nSPS) is 9.89. The molecule has 110 valence electrons. The van der Waals surface area contributed by atoms with Crippen LogP contribution in [0.5, 0.6) is 0 Å². The smallest absolute Gasteiger partial charge is 0.317 e. The van der Waals surface area contributed by atoms with E-state index < -0.39 is 5.97 Å². The summed E-state index contributed by atoms with van der Waals surface area (Å²) in [5, 5.41) is 7.60. The van der Waals surface area contributed by atoms with Crippen molar-refractivity contribution in [2.45, 2.75) is 81.2 Å². The number of hydrogen-bond acceptors (Lipinski definition) is 2. The van der Waals surface area contributed by atoms with Gasteiger partial charge in [0.25, 0.3) is 0 Å². The Balaban J connectivity index is 0. The first-order valence-electron chi connectivity index (χ1n) is 8.10. The van der Waals surface area contributed by atoms with E-state index in [1.54, 1.807) is 0 Å². The van der Waals surface area contributed by atoms with Gasteiger partial charge in [0, 0.05) is 0 Å². The van der Waals surface area contributed by atoms with Crippen molar-refractivity contribution in [3.8, 4) is 0 Å². The maximum Gasteiger partial charge on any atom is 0.317 e. The zero-order valence-corrected chi connectivity index (χ0v) is 15.1. The van der Waals surface area contributed by atoms with Crippen LogP contribution in [0.4, 0.5) is 0 Å². The number of hydrogen-bond donors (Lipinski definition) is 2. The summed E-state index contributed by atoms with van der Waals surface area (Å²) in [5.41, 5.74) is 4.57. The molecule has 0 aromatic rings. The molecule has 0 saturated carbocycles. The molecule has 3 nitrogen and oxygen atoms in total. The molecular weight excluding hydrogens is 249 g/mol. The first-order chi connectivity index (χ1) is 9.18. The van der Waals surface area contributed by atoms with Gasteiger partial charge in [0.1, 0.15) is 0 Å². The molecule has 0 saturated heterocycles. The van der Waals surface area contributed by atoms with Crippen LogP contribution in [-0.2, 0) is 4.79 Å². The van der Waals surface area contributed by atoms with Crippen molar-refractivity contribution in [1.29, 1.82) is 0 Å². The van der Waals surface area contributed by atoms with E-state index in [0.29, 0.717) is 0 Å². The van der Waals surface area contributed by atoms with Crippen molar-refractivity contribution < 1.29 is 9.90 Å². The average molecular weight is 281 g/mol. The molecule has 3 N–H and O–H groups in total. The Labute approximate surface area is 137 Å². The summed E-state index contributed by atoms with van der Waals surface area (Å²) in [7, 11) is 0. The van der Waals surface area contributed by atoms with Gasteiger partial charge in [0.05, 0.1) is 6.54 Å². The van der Waals surface area contributed by atoms with Crippen LogP contribution in [-0.4, -0.2) is 45.6 Å². The molecule has 0 rings (SSSR count). The van der Waals surface area contributed by atoms with Gasteiger partial charge < -0.3 is 10.8 Å². The first kappa shape index (κ1) is 21.7. The van der Waals surface area contributed by atoms with E-state index in [2.05, 4.69) is 12.7 Å². The number of rotatable bonds is 12. The second-order valence-corrected chi connectivity index (χ2v) is 6.13. The van der Waals surface area contributed by atoms with Crippen LogP contribution in [0.1, 0.15) is 77.6 Å². The largest absolute Gasteiger partial charge is 0.480 e. The minimum Gasteiger partial charge on any atom is -0.480 e. The summed E-state index contributed by atoms with van der Waals surface area (Å²) in [5.74, 6) is -0.968. The van der Waals surface area contributed by atoms with E-state index in [1.165, 1.54) is 102 Å². The molecule has 0 radical (unpaired) electrons. The van der Waals surface area contributed by atoms with Gasteiger partial charge in [0.15, 0.2) is 0 Å². The molecule has 0 amide bonds. The van der Waals surface area contributed by atoms with Gasteiger partial charge in [-0.3, -0.25) is 4.79 Å². The van der Waals surface area contributed by atoms with E-state index in [9.17, 15) is 4.79 Å². The maximum absolute atomic E-state index is 9.24. The number of aliphatic carboxylic acids is 1. The van der Waals surface area contributed by atoms with Crippen LogP contribution in [0.15, 0.2) is 0 Å². The fraction of sp³-hybridized carbons (Fsp3) is 0.933. The van der Waals surface area contributed by atoms with Crippen LogP contribution in [0.3, 0.4) is 0 Å². The van der Waals surface area contributed by atoms with Gasteiger partial charge in [-0.05, 0) is 0 Å². The zero-order chi connectivity index (χ0) is 14.8. The van der Waals surface area contributed by atoms with Crippen molar-refractivity contribution in [2.75, 3.05) is 6.54 Å². The van der Waals surface area contributed by atoms with Crippen molar-refractivity contribution in [2.24, 2.45) is 5.73 Å². The van der Waals surface area contributed by atoms with E-state index >= 15 is 0 Å². The Kier molecular flexibility index (Phi) is 23.7. The van der Waals surface area contributed by atoms with Crippen molar-refractivity contribution in [3.05, 3.63) is 0 Å².